The third-order valence-corrected chi connectivity index (χ3v) is 7.47. The maximum Gasteiger partial charge on any atom is 0.260 e. The summed E-state index contributed by atoms with van der Waals surface area (Å²) in [6.45, 7) is 4.93. The van der Waals surface area contributed by atoms with Crippen LogP contribution in [-0.2, 0) is 16.0 Å². The molecule has 184 valence electrons. The average molecular weight is 532 g/mol. The monoisotopic (exact) mass is 530 g/mol. The molecule has 0 N–H and O–H groups in total. The number of hydrogen-bond acceptors (Lipinski definition) is 4. The summed E-state index contributed by atoms with van der Waals surface area (Å²) in [6.07, 6.45) is 0.774. The Morgan fingerprint density at radius 3 is 2.60 bits per heavy atom. The topological polar surface area (TPSA) is 49.9 Å². The molecule has 0 spiro atoms. The molecule has 1 aliphatic heterocycles. The molecule has 0 bridgehead atoms. The minimum atomic E-state index is -0.321. The van der Waals surface area contributed by atoms with Gasteiger partial charge in [-0.2, -0.15) is 0 Å². The highest BCUT2D eigenvalue weighted by Crippen LogP contribution is 2.41. The van der Waals surface area contributed by atoms with Gasteiger partial charge in [-0.05, 0) is 59.2 Å². The van der Waals surface area contributed by atoms with Crippen LogP contribution < -0.4 is 4.74 Å². The highest BCUT2D eigenvalue weighted by Gasteiger charge is 2.35. The first-order chi connectivity index (χ1) is 16.8. The molecule has 1 aromatic heterocycles. The fourth-order valence-electron chi connectivity index (χ4n) is 4.35. The lowest BCUT2D eigenvalue weighted by Gasteiger charge is -2.38. The maximum atomic E-state index is 13.7. The normalized spacial score (nSPS) is 15.1. The van der Waals surface area contributed by atoms with E-state index in [1.54, 1.807) is 40.5 Å². The Kier molecular flexibility index (Phi) is 8.37. The molecule has 8 heteroatoms. The van der Waals surface area contributed by atoms with Gasteiger partial charge in [-0.25, -0.2) is 0 Å². The van der Waals surface area contributed by atoms with Crippen LogP contribution in [0.3, 0.4) is 0 Å². The molecule has 3 aromatic rings. The van der Waals surface area contributed by atoms with Crippen LogP contribution in [0.25, 0.3) is 0 Å². The van der Waals surface area contributed by atoms with E-state index in [2.05, 4.69) is 6.07 Å². The van der Waals surface area contributed by atoms with Crippen LogP contribution in [0.5, 0.6) is 5.75 Å². The maximum absolute atomic E-state index is 13.7. The van der Waals surface area contributed by atoms with Crippen molar-refractivity contribution in [3.05, 3.63) is 86.0 Å². The second-order valence-electron chi connectivity index (χ2n) is 8.97. The first-order valence-corrected chi connectivity index (χ1v) is 13.2. The number of benzene rings is 2. The van der Waals surface area contributed by atoms with E-state index in [9.17, 15) is 9.59 Å². The lowest BCUT2D eigenvalue weighted by molar-refractivity contribution is -0.143. The van der Waals surface area contributed by atoms with Crippen LogP contribution in [-0.4, -0.2) is 47.9 Å². The molecule has 0 saturated heterocycles. The van der Waals surface area contributed by atoms with E-state index < -0.39 is 0 Å². The smallest absolute Gasteiger partial charge is 0.260 e. The van der Waals surface area contributed by atoms with E-state index in [4.69, 9.17) is 27.9 Å². The molecular weight excluding hydrogens is 503 g/mol. The summed E-state index contributed by atoms with van der Waals surface area (Å²) >= 11 is 14.4. The van der Waals surface area contributed by atoms with E-state index in [1.165, 1.54) is 4.88 Å². The van der Waals surface area contributed by atoms with E-state index in [-0.39, 0.29) is 36.9 Å². The molecule has 1 aliphatic rings. The number of nitrogens with zero attached hydrogens (tertiary/aromatic N) is 2. The van der Waals surface area contributed by atoms with Gasteiger partial charge in [0.25, 0.3) is 5.91 Å². The van der Waals surface area contributed by atoms with Crippen molar-refractivity contribution < 1.29 is 14.3 Å². The van der Waals surface area contributed by atoms with Gasteiger partial charge in [0.05, 0.1) is 12.6 Å². The predicted molar refractivity (Wildman–Crippen MR) is 141 cm³/mol. The standard InChI is InChI=1S/C27H28Cl2N2O3S/c1-18(2)15-30(26(33)17-34-20-6-4-3-5-7-20)16-25(32)31-12-10-24-22(11-13-35-24)27(31)21-9-8-19(28)14-23(21)29/h3-9,11,13-14,18,27H,10,12,15-17H2,1-2H3. The number of rotatable bonds is 8. The molecule has 0 radical (unpaired) electrons. The fraction of sp³-hybridized carbons (Fsp3) is 0.333. The summed E-state index contributed by atoms with van der Waals surface area (Å²) in [5.41, 5.74) is 1.91. The third kappa shape index (κ3) is 6.18. The summed E-state index contributed by atoms with van der Waals surface area (Å²) in [7, 11) is 0. The number of para-hydroxylation sites is 1. The molecule has 2 amide bonds. The van der Waals surface area contributed by atoms with Crippen molar-refractivity contribution in [3.63, 3.8) is 0 Å². The van der Waals surface area contributed by atoms with Gasteiger partial charge in [0, 0.05) is 28.0 Å². The first-order valence-electron chi connectivity index (χ1n) is 11.6. The minimum Gasteiger partial charge on any atom is -0.484 e. The molecule has 35 heavy (non-hydrogen) atoms. The molecule has 0 fully saturated rings. The number of halogens is 2. The molecule has 1 atom stereocenters. The van der Waals surface area contributed by atoms with E-state index in [0.717, 1.165) is 17.5 Å². The van der Waals surface area contributed by atoms with E-state index >= 15 is 0 Å². The number of thiophene rings is 1. The van der Waals surface area contributed by atoms with Gasteiger partial charge in [0.15, 0.2) is 6.61 Å². The van der Waals surface area contributed by atoms with Crippen molar-refractivity contribution in [1.29, 1.82) is 0 Å². The van der Waals surface area contributed by atoms with Gasteiger partial charge in [-0.3, -0.25) is 9.59 Å². The largest absolute Gasteiger partial charge is 0.484 e. The van der Waals surface area contributed by atoms with Crippen molar-refractivity contribution in [2.45, 2.75) is 26.3 Å². The lowest BCUT2D eigenvalue weighted by Crippen LogP contribution is -2.48. The molecule has 4 rings (SSSR count). The molecule has 2 aromatic carbocycles. The van der Waals surface area contributed by atoms with Crippen molar-refractivity contribution in [3.8, 4) is 5.75 Å². The second kappa shape index (κ2) is 11.5. The molecule has 1 unspecified atom stereocenters. The number of ether oxygens (including phenoxy) is 1. The van der Waals surface area contributed by atoms with Gasteiger partial charge in [0.1, 0.15) is 5.75 Å². The Morgan fingerprint density at radius 1 is 1.11 bits per heavy atom. The van der Waals surface area contributed by atoms with Crippen molar-refractivity contribution in [1.82, 2.24) is 9.80 Å². The highest BCUT2D eigenvalue weighted by atomic mass is 35.5. The summed E-state index contributed by atoms with van der Waals surface area (Å²) < 4.78 is 5.67. The Hall–Kier alpha value is -2.54. The Bertz CT molecular complexity index is 1180. The number of carbonyl (C=O) groups excluding carboxylic acids is 2. The van der Waals surface area contributed by atoms with Gasteiger partial charge in [-0.1, -0.05) is 61.3 Å². The molecule has 0 saturated carbocycles. The van der Waals surface area contributed by atoms with Gasteiger partial charge in [0.2, 0.25) is 5.91 Å². The van der Waals surface area contributed by atoms with Crippen LogP contribution in [0.15, 0.2) is 60.0 Å². The van der Waals surface area contributed by atoms with Crippen LogP contribution in [0.2, 0.25) is 10.0 Å². The quantitative estimate of drug-likeness (QED) is 0.353. The predicted octanol–water partition coefficient (Wildman–Crippen LogP) is 6.09. The van der Waals surface area contributed by atoms with Gasteiger partial charge in [-0.15, -0.1) is 11.3 Å². The Labute approximate surface area is 220 Å². The Balaban J connectivity index is 1.55. The number of hydrogen-bond donors (Lipinski definition) is 0. The van der Waals surface area contributed by atoms with Gasteiger partial charge >= 0.3 is 0 Å². The van der Waals surface area contributed by atoms with E-state index in [0.29, 0.717) is 28.9 Å². The third-order valence-electron chi connectivity index (χ3n) is 5.91. The van der Waals surface area contributed by atoms with Crippen molar-refractivity contribution in [2.24, 2.45) is 5.92 Å². The van der Waals surface area contributed by atoms with Crippen molar-refractivity contribution in [2.75, 3.05) is 26.2 Å². The van der Waals surface area contributed by atoms with Crippen LogP contribution in [0.1, 0.15) is 35.9 Å². The minimum absolute atomic E-state index is 0.0175. The number of fused-ring (bicyclic) bond motifs is 1. The molecule has 0 aliphatic carbocycles. The SMILES string of the molecule is CC(C)CN(CC(=O)N1CCc2sccc2C1c1ccc(Cl)cc1Cl)C(=O)COc1ccccc1. The lowest BCUT2D eigenvalue weighted by atomic mass is 9.93. The number of carbonyl (C=O) groups is 2. The second-order valence-corrected chi connectivity index (χ2v) is 10.8. The highest BCUT2D eigenvalue weighted by molar-refractivity contribution is 7.10. The zero-order valence-corrected chi connectivity index (χ0v) is 22.1. The summed E-state index contributed by atoms with van der Waals surface area (Å²) in [5.74, 6) is 0.488. The molecular formula is C27H28Cl2N2O3S. The summed E-state index contributed by atoms with van der Waals surface area (Å²) in [4.78, 5) is 31.4. The molecule has 2 heterocycles. The average Bonchev–Trinajstić information content (AvgIpc) is 3.31. The number of amides is 2. The molecule has 5 nitrogen and oxygen atoms in total. The fourth-order valence-corrected chi connectivity index (χ4v) is 5.76. The van der Waals surface area contributed by atoms with Crippen LogP contribution >= 0.6 is 34.5 Å². The van der Waals surface area contributed by atoms with Crippen molar-refractivity contribution >= 4 is 46.4 Å². The van der Waals surface area contributed by atoms with E-state index in [1.807, 2.05) is 48.4 Å². The Morgan fingerprint density at radius 2 is 1.89 bits per heavy atom. The summed E-state index contributed by atoms with van der Waals surface area (Å²) in [5, 5.41) is 3.11. The van der Waals surface area contributed by atoms with Crippen LogP contribution in [0, 0.1) is 5.92 Å². The van der Waals surface area contributed by atoms with Crippen LogP contribution in [0.4, 0.5) is 0 Å². The first kappa shape index (κ1) is 25.5. The zero-order valence-electron chi connectivity index (χ0n) is 19.7. The summed E-state index contributed by atoms with van der Waals surface area (Å²) in [6, 6.07) is 16.3. The zero-order chi connectivity index (χ0) is 24.9. The van der Waals surface area contributed by atoms with Gasteiger partial charge < -0.3 is 14.5 Å².